The Bertz CT molecular complexity index is 239. The van der Waals surface area contributed by atoms with E-state index in [1.807, 2.05) is 0 Å². The van der Waals surface area contributed by atoms with Crippen LogP contribution < -0.4 is 5.32 Å². The summed E-state index contributed by atoms with van der Waals surface area (Å²) in [5, 5.41) is 12.7. The molecule has 0 aromatic heterocycles. The first-order chi connectivity index (χ1) is 7.75. The zero-order chi connectivity index (χ0) is 11.4. The maximum atomic E-state index is 11.9. The average Bonchev–Trinajstić information content (AvgIpc) is 2.54. The summed E-state index contributed by atoms with van der Waals surface area (Å²) in [4.78, 5) is 15.9. The topological polar surface area (TPSA) is 55.8 Å². The molecule has 0 aliphatic carbocycles. The molecule has 2 saturated heterocycles. The van der Waals surface area contributed by atoms with Crippen LogP contribution in [0, 0.1) is 0 Å². The number of likely N-dealkylation sites (tertiary alicyclic amines) is 1. The predicted molar refractivity (Wildman–Crippen MR) is 61.1 cm³/mol. The largest absolute Gasteiger partial charge is 0.391 e. The second kappa shape index (κ2) is 5.61. The second-order valence-corrected chi connectivity index (χ2v) is 4.66. The fraction of sp³-hybridized carbons (Fsp3) is 0.909. The van der Waals surface area contributed by atoms with E-state index in [9.17, 15) is 9.90 Å². The van der Waals surface area contributed by atoms with E-state index >= 15 is 0 Å². The minimum absolute atomic E-state index is 0.165. The number of hydrogen-bond acceptors (Lipinski definition) is 4. The van der Waals surface area contributed by atoms with Crippen molar-refractivity contribution in [3.05, 3.63) is 0 Å². The molecule has 1 amide bonds. The lowest BCUT2D eigenvalue weighted by Crippen LogP contribution is -2.40. The van der Waals surface area contributed by atoms with E-state index in [-0.39, 0.29) is 12.0 Å². The van der Waals surface area contributed by atoms with Crippen LogP contribution in [0.3, 0.4) is 0 Å². The molecule has 16 heavy (non-hydrogen) atoms. The Morgan fingerprint density at radius 3 is 2.94 bits per heavy atom. The second-order valence-electron chi connectivity index (χ2n) is 4.66. The minimum Gasteiger partial charge on any atom is -0.391 e. The van der Waals surface area contributed by atoms with Crippen LogP contribution in [-0.4, -0.2) is 72.7 Å². The van der Waals surface area contributed by atoms with E-state index in [2.05, 4.69) is 10.2 Å². The fourth-order valence-corrected chi connectivity index (χ4v) is 2.32. The first-order valence-corrected chi connectivity index (χ1v) is 6.14. The summed E-state index contributed by atoms with van der Waals surface area (Å²) < 4.78 is 0. The van der Waals surface area contributed by atoms with Gasteiger partial charge in [-0.05, 0) is 25.9 Å². The summed E-state index contributed by atoms with van der Waals surface area (Å²) in [6, 6.07) is 0. The molecule has 0 spiro atoms. The maximum absolute atomic E-state index is 11.9. The molecule has 92 valence electrons. The van der Waals surface area contributed by atoms with Gasteiger partial charge in [-0.3, -0.25) is 9.69 Å². The Kier molecular flexibility index (Phi) is 4.15. The number of carbonyl (C=O) groups is 1. The number of aliphatic hydroxyl groups excluding tert-OH is 1. The molecule has 2 heterocycles. The monoisotopic (exact) mass is 227 g/mol. The van der Waals surface area contributed by atoms with Crippen molar-refractivity contribution in [3.8, 4) is 0 Å². The summed E-state index contributed by atoms with van der Waals surface area (Å²) in [5.41, 5.74) is 0. The quantitative estimate of drug-likeness (QED) is 0.627. The standard InChI is InChI=1S/C11H21N3O2/c15-10-2-6-14(8-10)11(16)9-13-5-1-3-12-4-7-13/h10,12,15H,1-9H2. The summed E-state index contributed by atoms with van der Waals surface area (Å²) in [7, 11) is 0. The third kappa shape index (κ3) is 3.17. The van der Waals surface area contributed by atoms with E-state index in [1.165, 1.54) is 0 Å². The number of carbonyl (C=O) groups excluding carboxylic acids is 1. The summed E-state index contributed by atoms with van der Waals surface area (Å²) in [5.74, 6) is 0.165. The molecular formula is C11H21N3O2. The summed E-state index contributed by atoms with van der Waals surface area (Å²) >= 11 is 0. The van der Waals surface area contributed by atoms with Gasteiger partial charge in [0.15, 0.2) is 0 Å². The number of nitrogens with one attached hydrogen (secondary N) is 1. The number of rotatable bonds is 2. The smallest absolute Gasteiger partial charge is 0.236 e. The highest BCUT2D eigenvalue weighted by Gasteiger charge is 2.25. The van der Waals surface area contributed by atoms with Crippen LogP contribution in [0.5, 0.6) is 0 Å². The van der Waals surface area contributed by atoms with Gasteiger partial charge in [0.25, 0.3) is 0 Å². The van der Waals surface area contributed by atoms with E-state index in [0.717, 1.165) is 39.0 Å². The van der Waals surface area contributed by atoms with Crippen LogP contribution in [0.15, 0.2) is 0 Å². The van der Waals surface area contributed by atoms with E-state index < -0.39 is 0 Å². The first kappa shape index (κ1) is 11.8. The molecule has 2 aliphatic rings. The van der Waals surface area contributed by atoms with Crippen LogP contribution in [-0.2, 0) is 4.79 Å². The minimum atomic E-state index is -0.310. The van der Waals surface area contributed by atoms with Gasteiger partial charge in [0, 0.05) is 26.2 Å². The maximum Gasteiger partial charge on any atom is 0.236 e. The molecule has 2 N–H and O–H groups in total. The lowest BCUT2D eigenvalue weighted by atomic mass is 10.3. The van der Waals surface area contributed by atoms with Gasteiger partial charge in [-0.1, -0.05) is 0 Å². The highest BCUT2D eigenvalue weighted by Crippen LogP contribution is 2.09. The van der Waals surface area contributed by atoms with Gasteiger partial charge >= 0.3 is 0 Å². The van der Waals surface area contributed by atoms with Gasteiger partial charge in [0.2, 0.25) is 5.91 Å². The van der Waals surface area contributed by atoms with Crippen molar-refractivity contribution in [2.75, 3.05) is 45.8 Å². The molecule has 5 heteroatoms. The molecule has 0 aromatic rings. The van der Waals surface area contributed by atoms with E-state index in [0.29, 0.717) is 19.6 Å². The average molecular weight is 227 g/mol. The van der Waals surface area contributed by atoms with Crippen molar-refractivity contribution in [1.29, 1.82) is 0 Å². The number of amides is 1. The van der Waals surface area contributed by atoms with Crippen molar-refractivity contribution in [1.82, 2.24) is 15.1 Å². The molecule has 5 nitrogen and oxygen atoms in total. The van der Waals surface area contributed by atoms with Crippen LogP contribution in [0.1, 0.15) is 12.8 Å². The molecule has 2 rings (SSSR count). The Labute approximate surface area is 96.4 Å². The number of hydrogen-bond donors (Lipinski definition) is 2. The summed E-state index contributed by atoms with van der Waals surface area (Å²) in [6.45, 7) is 5.70. The predicted octanol–water partition coefficient (Wildman–Crippen LogP) is -1.13. The Hall–Kier alpha value is -0.650. The molecule has 0 bridgehead atoms. The van der Waals surface area contributed by atoms with E-state index in [4.69, 9.17) is 0 Å². The molecular weight excluding hydrogens is 206 g/mol. The highest BCUT2D eigenvalue weighted by atomic mass is 16.3. The SMILES string of the molecule is O=C(CN1CCCNCC1)N1CCC(O)C1. The lowest BCUT2D eigenvalue weighted by Gasteiger charge is -2.22. The van der Waals surface area contributed by atoms with Crippen molar-refractivity contribution in [3.63, 3.8) is 0 Å². The Morgan fingerprint density at radius 2 is 2.19 bits per heavy atom. The highest BCUT2D eigenvalue weighted by molar-refractivity contribution is 5.78. The van der Waals surface area contributed by atoms with Crippen molar-refractivity contribution in [2.24, 2.45) is 0 Å². The molecule has 1 atom stereocenters. The third-order valence-corrected chi connectivity index (χ3v) is 3.31. The van der Waals surface area contributed by atoms with E-state index in [1.54, 1.807) is 4.90 Å². The van der Waals surface area contributed by atoms with Gasteiger partial charge in [-0.2, -0.15) is 0 Å². The van der Waals surface area contributed by atoms with Crippen molar-refractivity contribution in [2.45, 2.75) is 18.9 Å². The number of aliphatic hydroxyl groups is 1. The third-order valence-electron chi connectivity index (χ3n) is 3.31. The number of β-amino-alcohol motifs (C(OH)–C–C–N with tert-alkyl or cyclic N) is 1. The Balaban J connectivity index is 1.77. The van der Waals surface area contributed by atoms with Crippen LogP contribution in [0.2, 0.25) is 0 Å². The number of nitrogens with zero attached hydrogens (tertiary/aromatic N) is 2. The normalized spacial score (nSPS) is 28.1. The molecule has 0 radical (unpaired) electrons. The zero-order valence-corrected chi connectivity index (χ0v) is 9.69. The summed E-state index contributed by atoms with van der Waals surface area (Å²) in [6.07, 6.45) is 1.53. The molecule has 1 unspecified atom stereocenters. The van der Waals surface area contributed by atoms with Crippen molar-refractivity contribution < 1.29 is 9.90 Å². The molecule has 0 aromatic carbocycles. The zero-order valence-electron chi connectivity index (χ0n) is 9.69. The van der Waals surface area contributed by atoms with Crippen LogP contribution in [0.4, 0.5) is 0 Å². The molecule has 0 saturated carbocycles. The van der Waals surface area contributed by atoms with Gasteiger partial charge < -0.3 is 15.3 Å². The van der Waals surface area contributed by atoms with Gasteiger partial charge in [0.1, 0.15) is 0 Å². The molecule has 2 aliphatic heterocycles. The molecule has 2 fully saturated rings. The lowest BCUT2D eigenvalue weighted by molar-refractivity contribution is -0.131. The fourth-order valence-electron chi connectivity index (χ4n) is 2.32. The van der Waals surface area contributed by atoms with Gasteiger partial charge in [-0.25, -0.2) is 0 Å². The van der Waals surface area contributed by atoms with Crippen LogP contribution >= 0.6 is 0 Å². The van der Waals surface area contributed by atoms with Gasteiger partial charge in [-0.15, -0.1) is 0 Å². The van der Waals surface area contributed by atoms with Gasteiger partial charge in [0.05, 0.1) is 12.6 Å². The van der Waals surface area contributed by atoms with Crippen LogP contribution in [0.25, 0.3) is 0 Å². The Morgan fingerprint density at radius 1 is 1.31 bits per heavy atom. The first-order valence-electron chi connectivity index (χ1n) is 6.14. The van der Waals surface area contributed by atoms with Crippen molar-refractivity contribution >= 4 is 5.91 Å².